The van der Waals surface area contributed by atoms with Gasteiger partial charge in [-0.05, 0) is 57.4 Å². The van der Waals surface area contributed by atoms with Crippen LogP contribution in [0.5, 0.6) is 0 Å². The predicted molar refractivity (Wildman–Crippen MR) is 79.5 cm³/mol. The molecule has 0 unspecified atom stereocenters. The standard InChI is InChI=1S/C16H20N4/c1-11-15(7-9-18-14-5-6-14)12(2)20-16(19-11)13-4-3-8-17-10-13/h3-4,8,10,14,18H,5-7,9H2,1-2H3. The molecule has 1 aliphatic carbocycles. The first-order chi connectivity index (χ1) is 9.74. The minimum atomic E-state index is 0.756. The molecule has 1 fully saturated rings. The number of nitrogens with one attached hydrogen (secondary N) is 1. The summed E-state index contributed by atoms with van der Waals surface area (Å²) in [5.41, 5.74) is 4.40. The van der Waals surface area contributed by atoms with E-state index in [2.05, 4.69) is 34.1 Å². The molecular formula is C16H20N4. The fourth-order valence-corrected chi connectivity index (χ4v) is 2.41. The van der Waals surface area contributed by atoms with Crippen LogP contribution < -0.4 is 5.32 Å². The van der Waals surface area contributed by atoms with Gasteiger partial charge in [0.25, 0.3) is 0 Å². The number of aromatic nitrogens is 3. The Morgan fingerprint density at radius 2 is 1.95 bits per heavy atom. The third-order valence-corrected chi connectivity index (χ3v) is 3.73. The second-order valence-electron chi connectivity index (χ2n) is 5.42. The molecule has 2 heterocycles. The van der Waals surface area contributed by atoms with Gasteiger partial charge in [-0.1, -0.05) is 0 Å². The molecule has 4 nitrogen and oxygen atoms in total. The van der Waals surface area contributed by atoms with Crippen LogP contribution in [-0.2, 0) is 6.42 Å². The average molecular weight is 268 g/mol. The lowest BCUT2D eigenvalue weighted by Gasteiger charge is -2.11. The Morgan fingerprint density at radius 3 is 2.55 bits per heavy atom. The number of pyridine rings is 1. The van der Waals surface area contributed by atoms with Crippen LogP contribution in [0.4, 0.5) is 0 Å². The second kappa shape index (κ2) is 5.67. The number of hydrogen-bond donors (Lipinski definition) is 1. The molecule has 0 radical (unpaired) electrons. The quantitative estimate of drug-likeness (QED) is 0.905. The molecule has 104 valence electrons. The lowest BCUT2D eigenvalue weighted by Crippen LogP contribution is -2.20. The Bertz CT molecular complexity index is 568. The molecule has 1 N–H and O–H groups in total. The molecule has 4 heteroatoms. The third kappa shape index (κ3) is 3.02. The molecule has 0 aliphatic heterocycles. The molecule has 20 heavy (non-hydrogen) atoms. The largest absolute Gasteiger partial charge is 0.314 e. The van der Waals surface area contributed by atoms with Crippen molar-refractivity contribution in [3.05, 3.63) is 41.5 Å². The number of hydrogen-bond acceptors (Lipinski definition) is 4. The van der Waals surface area contributed by atoms with Gasteiger partial charge in [-0.25, -0.2) is 9.97 Å². The first-order valence-electron chi connectivity index (χ1n) is 7.22. The first kappa shape index (κ1) is 13.2. The van der Waals surface area contributed by atoms with E-state index in [9.17, 15) is 0 Å². The van der Waals surface area contributed by atoms with E-state index in [-0.39, 0.29) is 0 Å². The zero-order valence-corrected chi connectivity index (χ0v) is 12.1. The Morgan fingerprint density at radius 1 is 1.20 bits per heavy atom. The Labute approximate surface area is 119 Å². The fraction of sp³-hybridized carbons (Fsp3) is 0.438. The summed E-state index contributed by atoms with van der Waals surface area (Å²) in [5.74, 6) is 0.770. The SMILES string of the molecule is Cc1nc(-c2cccnc2)nc(C)c1CCNC1CC1. The maximum atomic E-state index is 4.64. The van der Waals surface area contributed by atoms with Gasteiger partial charge in [-0.15, -0.1) is 0 Å². The number of rotatable bonds is 5. The van der Waals surface area contributed by atoms with Crippen LogP contribution >= 0.6 is 0 Å². The average Bonchev–Trinajstić information content (AvgIpc) is 3.27. The molecule has 0 spiro atoms. The van der Waals surface area contributed by atoms with Gasteiger partial charge >= 0.3 is 0 Å². The van der Waals surface area contributed by atoms with Crippen molar-refractivity contribution in [3.63, 3.8) is 0 Å². The van der Waals surface area contributed by atoms with Crippen molar-refractivity contribution >= 4 is 0 Å². The smallest absolute Gasteiger partial charge is 0.161 e. The van der Waals surface area contributed by atoms with Crippen LogP contribution in [0.2, 0.25) is 0 Å². The zero-order chi connectivity index (χ0) is 13.9. The van der Waals surface area contributed by atoms with E-state index in [1.807, 2.05) is 18.3 Å². The number of nitrogens with zero attached hydrogens (tertiary/aromatic N) is 3. The summed E-state index contributed by atoms with van der Waals surface area (Å²) in [7, 11) is 0. The molecule has 0 aromatic carbocycles. The van der Waals surface area contributed by atoms with Crippen molar-refractivity contribution in [2.24, 2.45) is 0 Å². The van der Waals surface area contributed by atoms with E-state index in [0.29, 0.717) is 0 Å². The minimum Gasteiger partial charge on any atom is -0.314 e. The Balaban J connectivity index is 1.78. The van der Waals surface area contributed by atoms with Crippen molar-refractivity contribution in [2.45, 2.75) is 39.2 Å². The lowest BCUT2D eigenvalue weighted by molar-refractivity contribution is 0.675. The number of aryl methyl sites for hydroxylation is 2. The van der Waals surface area contributed by atoms with E-state index >= 15 is 0 Å². The molecule has 0 saturated heterocycles. The van der Waals surface area contributed by atoms with Crippen LogP contribution in [0.15, 0.2) is 24.5 Å². The summed E-state index contributed by atoms with van der Waals surface area (Å²) in [6.07, 6.45) is 7.23. The van der Waals surface area contributed by atoms with Crippen molar-refractivity contribution < 1.29 is 0 Å². The maximum absolute atomic E-state index is 4.64. The molecule has 0 atom stereocenters. The van der Waals surface area contributed by atoms with Gasteiger partial charge in [0.1, 0.15) is 0 Å². The van der Waals surface area contributed by atoms with Crippen molar-refractivity contribution in [1.82, 2.24) is 20.3 Å². The van der Waals surface area contributed by atoms with Crippen LogP contribution in [0, 0.1) is 13.8 Å². The van der Waals surface area contributed by atoms with E-state index in [1.165, 1.54) is 18.4 Å². The zero-order valence-electron chi connectivity index (χ0n) is 12.1. The van der Waals surface area contributed by atoms with Crippen LogP contribution in [0.3, 0.4) is 0 Å². The third-order valence-electron chi connectivity index (χ3n) is 3.73. The van der Waals surface area contributed by atoms with E-state index < -0.39 is 0 Å². The Kier molecular flexibility index (Phi) is 3.74. The molecule has 3 rings (SSSR count). The lowest BCUT2D eigenvalue weighted by atomic mass is 10.1. The highest BCUT2D eigenvalue weighted by molar-refractivity contribution is 5.54. The first-order valence-corrected chi connectivity index (χ1v) is 7.22. The van der Waals surface area contributed by atoms with Crippen LogP contribution in [0.1, 0.15) is 29.8 Å². The summed E-state index contributed by atoms with van der Waals surface area (Å²) < 4.78 is 0. The van der Waals surface area contributed by atoms with Crippen molar-refractivity contribution in [1.29, 1.82) is 0 Å². The monoisotopic (exact) mass is 268 g/mol. The normalized spacial score (nSPS) is 14.5. The summed E-state index contributed by atoms with van der Waals surface area (Å²) >= 11 is 0. The van der Waals surface area contributed by atoms with Gasteiger partial charge in [0.15, 0.2) is 5.82 Å². The van der Waals surface area contributed by atoms with Gasteiger partial charge in [0, 0.05) is 35.4 Å². The summed E-state index contributed by atoms with van der Waals surface area (Å²) in [5, 5.41) is 3.54. The molecular weight excluding hydrogens is 248 g/mol. The van der Waals surface area contributed by atoms with Gasteiger partial charge < -0.3 is 5.32 Å². The molecule has 0 bridgehead atoms. The topological polar surface area (TPSA) is 50.7 Å². The fourth-order valence-electron chi connectivity index (χ4n) is 2.41. The summed E-state index contributed by atoms with van der Waals surface area (Å²) in [4.78, 5) is 13.4. The highest BCUT2D eigenvalue weighted by Gasteiger charge is 2.20. The van der Waals surface area contributed by atoms with Crippen LogP contribution in [0.25, 0.3) is 11.4 Å². The van der Waals surface area contributed by atoms with E-state index in [0.717, 1.165) is 41.8 Å². The van der Waals surface area contributed by atoms with E-state index in [1.54, 1.807) is 6.20 Å². The van der Waals surface area contributed by atoms with Gasteiger partial charge in [0.2, 0.25) is 0 Å². The molecule has 0 amide bonds. The van der Waals surface area contributed by atoms with Crippen LogP contribution in [-0.4, -0.2) is 27.5 Å². The predicted octanol–water partition coefficient (Wildman–Crippen LogP) is 2.45. The van der Waals surface area contributed by atoms with Gasteiger partial charge in [-0.3, -0.25) is 4.98 Å². The molecule has 2 aromatic rings. The second-order valence-corrected chi connectivity index (χ2v) is 5.42. The van der Waals surface area contributed by atoms with E-state index in [4.69, 9.17) is 0 Å². The van der Waals surface area contributed by atoms with Crippen molar-refractivity contribution in [3.8, 4) is 11.4 Å². The molecule has 1 saturated carbocycles. The molecule has 2 aromatic heterocycles. The van der Waals surface area contributed by atoms with Gasteiger partial charge in [0.05, 0.1) is 0 Å². The minimum absolute atomic E-state index is 0.756. The molecule has 1 aliphatic rings. The maximum Gasteiger partial charge on any atom is 0.161 e. The summed E-state index contributed by atoms with van der Waals surface area (Å²) in [6.45, 7) is 5.16. The Hall–Kier alpha value is -1.81. The highest BCUT2D eigenvalue weighted by atomic mass is 14.9. The van der Waals surface area contributed by atoms with Crippen molar-refractivity contribution in [2.75, 3.05) is 6.54 Å². The van der Waals surface area contributed by atoms with Gasteiger partial charge in [-0.2, -0.15) is 0 Å². The summed E-state index contributed by atoms with van der Waals surface area (Å²) in [6, 6.07) is 4.66. The highest BCUT2D eigenvalue weighted by Crippen LogP contribution is 2.20.